The van der Waals surface area contributed by atoms with Crippen LogP contribution in [-0.4, -0.2) is 45.0 Å². The summed E-state index contributed by atoms with van der Waals surface area (Å²) >= 11 is 0. The first kappa shape index (κ1) is 20.6. The molecule has 0 aromatic carbocycles. The van der Waals surface area contributed by atoms with Crippen LogP contribution < -0.4 is 10.1 Å². The molecular weight excluding hydrogens is 387 g/mol. The summed E-state index contributed by atoms with van der Waals surface area (Å²) < 4.78 is 43.5. The fraction of sp³-hybridized carbons (Fsp3) is 0.368. The number of hydrogen-bond acceptors (Lipinski definition) is 5. The van der Waals surface area contributed by atoms with Crippen LogP contribution in [0.15, 0.2) is 30.7 Å². The monoisotopic (exact) mass is 407 g/mol. The van der Waals surface area contributed by atoms with Gasteiger partial charge in [0, 0.05) is 18.9 Å². The summed E-state index contributed by atoms with van der Waals surface area (Å²) in [6.45, 7) is 4.43. The molecule has 3 aromatic heterocycles. The number of rotatable bonds is 6. The van der Waals surface area contributed by atoms with Gasteiger partial charge in [0.1, 0.15) is 11.4 Å². The zero-order chi connectivity index (χ0) is 21.2. The molecule has 1 atom stereocenters. The number of carbonyl (C=O) groups is 1. The molecule has 3 rings (SSSR count). The number of amides is 1. The molecule has 0 aliphatic rings. The van der Waals surface area contributed by atoms with Gasteiger partial charge < -0.3 is 10.1 Å². The minimum absolute atomic E-state index is 0.0756. The number of fused-ring (bicyclic) bond motifs is 1. The zero-order valence-electron chi connectivity index (χ0n) is 16.1. The largest absolute Gasteiger partial charge is 0.482 e. The number of nitrogens with one attached hydrogen (secondary N) is 1. The van der Waals surface area contributed by atoms with Gasteiger partial charge in [0.05, 0.1) is 28.8 Å². The fourth-order valence-corrected chi connectivity index (χ4v) is 2.83. The maximum absolute atomic E-state index is 12.4. The van der Waals surface area contributed by atoms with Crippen molar-refractivity contribution in [2.45, 2.75) is 33.0 Å². The predicted octanol–water partition coefficient (Wildman–Crippen LogP) is 3.43. The van der Waals surface area contributed by atoms with Crippen LogP contribution in [0.2, 0.25) is 0 Å². The number of carbonyl (C=O) groups excluding carboxylic acids is 1. The van der Waals surface area contributed by atoms with Crippen LogP contribution in [0.3, 0.4) is 0 Å². The van der Waals surface area contributed by atoms with Crippen LogP contribution in [-0.2, 0) is 0 Å². The topological polar surface area (TPSA) is 81.9 Å². The number of ether oxygens (including phenoxy) is 1. The van der Waals surface area contributed by atoms with E-state index in [1.165, 1.54) is 12.4 Å². The molecule has 154 valence electrons. The lowest BCUT2D eigenvalue weighted by Gasteiger charge is -2.15. The maximum atomic E-state index is 12.4. The number of nitrogens with zero attached hydrogens (tertiary/aromatic N) is 4. The van der Waals surface area contributed by atoms with Crippen molar-refractivity contribution >= 4 is 16.8 Å². The first-order chi connectivity index (χ1) is 13.7. The molecule has 0 radical (unpaired) electrons. The highest BCUT2D eigenvalue weighted by Gasteiger charge is 2.29. The molecular formula is C19H20F3N5O2. The van der Waals surface area contributed by atoms with Gasteiger partial charge in [-0.2, -0.15) is 18.3 Å². The number of alkyl halides is 3. The van der Waals surface area contributed by atoms with Gasteiger partial charge in [0.25, 0.3) is 5.91 Å². The highest BCUT2D eigenvalue weighted by atomic mass is 19.4. The Balaban J connectivity index is 1.87. The van der Waals surface area contributed by atoms with Crippen LogP contribution in [0.5, 0.6) is 5.75 Å². The summed E-state index contributed by atoms with van der Waals surface area (Å²) in [5, 5.41) is 7.81. The van der Waals surface area contributed by atoms with Crippen LogP contribution in [0, 0.1) is 6.92 Å². The molecule has 0 aliphatic carbocycles. The van der Waals surface area contributed by atoms with E-state index in [2.05, 4.69) is 20.4 Å². The Morgan fingerprint density at radius 3 is 2.76 bits per heavy atom. The first-order valence-electron chi connectivity index (χ1n) is 8.97. The van der Waals surface area contributed by atoms with Gasteiger partial charge in [-0.3, -0.25) is 19.4 Å². The molecule has 1 amide bonds. The second kappa shape index (κ2) is 8.06. The highest BCUT2D eigenvalue weighted by Crippen LogP contribution is 2.26. The smallest absolute Gasteiger partial charge is 0.422 e. The third kappa shape index (κ3) is 4.64. The van der Waals surface area contributed by atoms with Crippen molar-refractivity contribution in [3.05, 3.63) is 47.7 Å². The number of aryl methyl sites for hydroxylation is 1. The van der Waals surface area contributed by atoms with Crippen molar-refractivity contribution in [1.82, 2.24) is 25.1 Å². The molecule has 3 heterocycles. The van der Waals surface area contributed by atoms with E-state index in [9.17, 15) is 18.0 Å². The van der Waals surface area contributed by atoms with E-state index in [0.29, 0.717) is 28.7 Å². The summed E-state index contributed by atoms with van der Waals surface area (Å²) in [7, 11) is 0. The van der Waals surface area contributed by atoms with E-state index in [0.717, 1.165) is 0 Å². The van der Waals surface area contributed by atoms with Crippen LogP contribution >= 0.6 is 0 Å². The minimum atomic E-state index is -4.41. The second-order valence-electron chi connectivity index (χ2n) is 6.52. The number of aromatic nitrogens is 4. The lowest BCUT2D eigenvalue weighted by molar-refractivity contribution is -0.153. The summed E-state index contributed by atoms with van der Waals surface area (Å²) in [4.78, 5) is 20.6. The quantitative estimate of drug-likeness (QED) is 0.677. The molecule has 0 aliphatic heterocycles. The molecule has 10 heteroatoms. The normalized spacial score (nSPS) is 12.8. The van der Waals surface area contributed by atoms with Gasteiger partial charge in [-0.05, 0) is 38.5 Å². The molecule has 7 nitrogen and oxygen atoms in total. The van der Waals surface area contributed by atoms with Crippen LogP contribution in [0.1, 0.15) is 41.6 Å². The van der Waals surface area contributed by atoms with Crippen molar-refractivity contribution in [1.29, 1.82) is 0 Å². The minimum Gasteiger partial charge on any atom is -0.482 e. The predicted molar refractivity (Wildman–Crippen MR) is 99.9 cm³/mol. The third-order valence-electron chi connectivity index (χ3n) is 4.30. The first-order valence-corrected chi connectivity index (χ1v) is 8.97. The second-order valence-corrected chi connectivity index (χ2v) is 6.52. The molecule has 1 N–H and O–H groups in total. The van der Waals surface area contributed by atoms with E-state index >= 15 is 0 Å². The van der Waals surface area contributed by atoms with Gasteiger partial charge in [0.15, 0.2) is 6.61 Å². The standard InChI is InChI=1S/C19H20F3N5O2/c1-4-23-18(28)17-13-9-27(26-14(13)5-6-24-17)12(3)15-7-11(2)16(8-25-15)29-10-19(20,21)22/h5-9,12H,4,10H2,1-3H3,(H,23,28). The van der Waals surface area contributed by atoms with E-state index in [1.54, 1.807) is 29.9 Å². The Morgan fingerprint density at radius 1 is 1.34 bits per heavy atom. The Labute approximate surface area is 164 Å². The number of pyridine rings is 2. The van der Waals surface area contributed by atoms with Gasteiger partial charge in [-0.25, -0.2) is 0 Å². The average Bonchev–Trinajstić information content (AvgIpc) is 3.10. The van der Waals surface area contributed by atoms with Crippen LogP contribution in [0.4, 0.5) is 13.2 Å². The van der Waals surface area contributed by atoms with E-state index in [-0.39, 0.29) is 23.4 Å². The fourth-order valence-electron chi connectivity index (χ4n) is 2.83. The Bertz CT molecular complexity index is 1030. The number of hydrogen-bond donors (Lipinski definition) is 1. The molecule has 0 spiro atoms. The zero-order valence-corrected chi connectivity index (χ0v) is 16.1. The SMILES string of the molecule is CCNC(=O)c1nccc2nn(C(C)c3cc(C)c(OCC(F)(F)F)cn3)cc12. The molecule has 0 fully saturated rings. The molecule has 3 aromatic rings. The van der Waals surface area contributed by atoms with Crippen molar-refractivity contribution in [2.75, 3.05) is 13.2 Å². The molecule has 0 saturated heterocycles. The molecule has 29 heavy (non-hydrogen) atoms. The molecule has 1 unspecified atom stereocenters. The van der Waals surface area contributed by atoms with Crippen molar-refractivity contribution in [3.63, 3.8) is 0 Å². The lowest BCUT2D eigenvalue weighted by Crippen LogP contribution is -2.23. The third-order valence-corrected chi connectivity index (χ3v) is 4.30. The summed E-state index contributed by atoms with van der Waals surface area (Å²) in [5.41, 5.74) is 2.02. The Hall–Kier alpha value is -3.17. The Morgan fingerprint density at radius 2 is 2.10 bits per heavy atom. The van der Waals surface area contributed by atoms with Crippen LogP contribution in [0.25, 0.3) is 10.9 Å². The number of halogens is 3. The van der Waals surface area contributed by atoms with Crippen molar-refractivity contribution in [2.24, 2.45) is 0 Å². The summed E-state index contributed by atoms with van der Waals surface area (Å²) in [5.74, 6) is -0.211. The van der Waals surface area contributed by atoms with Crippen molar-refractivity contribution < 1.29 is 22.7 Å². The summed E-state index contributed by atoms with van der Waals surface area (Å²) in [6.07, 6.45) is 0.0912. The molecule has 0 bridgehead atoms. The Kier molecular flexibility index (Phi) is 5.71. The maximum Gasteiger partial charge on any atom is 0.422 e. The average molecular weight is 407 g/mol. The van der Waals surface area contributed by atoms with E-state index in [1.807, 2.05) is 13.8 Å². The highest BCUT2D eigenvalue weighted by molar-refractivity contribution is 6.04. The summed E-state index contributed by atoms with van der Waals surface area (Å²) in [6, 6.07) is 3.04. The van der Waals surface area contributed by atoms with Gasteiger partial charge in [-0.1, -0.05) is 0 Å². The van der Waals surface area contributed by atoms with Crippen molar-refractivity contribution in [3.8, 4) is 5.75 Å². The van der Waals surface area contributed by atoms with E-state index in [4.69, 9.17) is 4.74 Å². The molecule has 0 saturated carbocycles. The van der Waals surface area contributed by atoms with Gasteiger partial charge in [0.2, 0.25) is 0 Å². The van der Waals surface area contributed by atoms with Gasteiger partial charge >= 0.3 is 6.18 Å². The lowest BCUT2D eigenvalue weighted by atomic mass is 10.1. The van der Waals surface area contributed by atoms with E-state index < -0.39 is 12.8 Å². The van der Waals surface area contributed by atoms with Gasteiger partial charge in [-0.15, -0.1) is 0 Å².